The van der Waals surface area contributed by atoms with E-state index in [4.69, 9.17) is 5.73 Å². The van der Waals surface area contributed by atoms with E-state index >= 15 is 0 Å². The Bertz CT molecular complexity index is 390. The van der Waals surface area contributed by atoms with E-state index in [-0.39, 0.29) is 0 Å². The summed E-state index contributed by atoms with van der Waals surface area (Å²) < 4.78 is 1.76. The first-order valence-corrected chi connectivity index (χ1v) is 3.32. The Morgan fingerprint density at radius 3 is 2.91 bits per heavy atom. The van der Waals surface area contributed by atoms with E-state index in [1.54, 1.807) is 16.8 Å². The normalized spacial score (nSPS) is 10.6. The molecule has 0 bridgehead atoms. The molecule has 2 aromatic rings. The Kier molecular flexibility index (Phi) is 1.09. The Balaban J connectivity index is 2.87. The van der Waals surface area contributed by atoms with Gasteiger partial charge in [0, 0.05) is 12.4 Å². The van der Waals surface area contributed by atoms with Gasteiger partial charge >= 0.3 is 0 Å². The van der Waals surface area contributed by atoms with Gasteiger partial charge in [-0.25, -0.2) is 9.97 Å². The number of anilines is 1. The molecule has 0 saturated heterocycles. The van der Waals surface area contributed by atoms with E-state index in [2.05, 4.69) is 9.97 Å². The lowest BCUT2D eigenvalue weighted by Crippen LogP contribution is -1.94. The number of aryl methyl sites for hydroxylation is 1. The number of fused-ring (bicyclic) bond motifs is 1. The summed E-state index contributed by atoms with van der Waals surface area (Å²) in [6, 6.07) is 0. The summed E-state index contributed by atoms with van der Waals surface area (Å²) in [4.78, 5) is 8.06. The Morgan fingerprint density at radius 1 is 1.36 bits per heavy atom. The zero-order chi connectivity index (χ0) is 7.84. The van der Waals surface area contributed by atoms with E-state index in [1.807, 2.05) is 13.1 Å². The number of hydrogen-bond donors (Lipinski definition) is 1. The van der Waals surface area contributed by atoms with E-state index in [9.17, 15) is 0 Å². The van der Waals surface area contributed by atoms with Crippen molar-refractivity contribution in [1.82, 2.24) is 14.4 Å². The average molecular weight is 148 g/mol. The molecule has 0 unspecified atom stereocenters. The molecule has 56 valence electrons. The van der Waals surface area contributed by atoms with Crippen molar-refractivity contribution in [1.29, 1.82) is 0 Å². The van der Waals surface area contributed by atoms with Crippen molar-refractivity contribution >= 4 is 11.6 Å². The third kappa shape index (κ3) is 0.832. The van der Waals surface area contributed by atoms with Crippen LogP contribution < -0.4 is 5.73 Å². The first-order chi connectivity index (χ1) is 5.27. The second-order valence-electron chi connectivity index (χ2n) is 2.48. The van der Waals surface area contributed by atoms with Crippen molar-refractivity contribution in [3.63, 3.8) is 0 Å². The lowest BCUT2D eigenvalue weighted by atomic mass is 10.4. The Labute approximate surface area is 63.7 Å². The summed E-state index contributed by atoms with van der Waals surface area (Å²) in [5, 5.41) is 0. The van der Waals surface area contributed by atoms with Crippen molar-refractivity contribution < 1.29 is 0 Å². The first kappa shape index (κ1) is 6.15. The first-order valence-electron chi connectivity index (χ1n) is 3.32. The zero-order valence-corrected chi connectivity index (χ0v) is 6.15. The Morgan fingerprint density at radius 2 is 2.09 bits per heavy atom. The summed E-state index contributed by atoms with van der Waals surface area (Å²) >= 11 is 0. The highest BCUT2D eigenvalue weighted by atomic mass is 15.1. The van der Waals surface area contributed by atoms with Gasteiger partial charge in [0.2, 0.25) is 5.78 Å². The van der Waals surface area contributed by atoms with Crippen LogP contribution in [0.3, 0.4) is 0 Å². The van der Waals surface area contributed by atoms with Crippen LogP contribution in [0.25, 0.3) is 5.78 Å². The molecule has 2 aromatic heterocycles. The molecule has 0 amide bonds. The van der Waals surface area contributed by atoms with E-state index < -0.39 is 0 Å². The van der Waals surface area contributed by atoms with Crippen molar-refractivity contribution in [2.24, 2.45) is 0 Å². The summed E-state index contributed by atoms with van der Waals surface area (Å²) in [6.45, 7) is 1.96. The molecule has 0 aliphatic rings. The fraction of sp³-hybridized carbons (Fsp3) is 0.143. The van der Waals surface area contributed by atoms with Gasteiger partial charge in [0.15, 0.2) is 0 Å². The van der Waals surface area contributed by atoms with E-state index in [0.717, 1.165) is 5.56 Å². The lowest BCUT2D eigenvalue weighted by Gasteiger charge is -1.95. The van der Waals surface area contributed by atoms with Crippen LogP contribution in [-0.4, -0.2) is 14.4 Å². The van der Waals surface area contributed by atoms with Gasteiger partial charge in [-0.1, -0.05) is 0 Å². The maximum absolute atomic E-state index is 5.61. The minimum Gasteiger partial charge on any atom is -0.383 e. The number of rotatable bonds is 0. The standard InChI is InChI=1S/C7H8N4/c1-5-2-9-7-10-3-6(8)11(7)4-5/h2-4H,8H2,1H3. The van der Waals surface area contributed by atoms with Crippen LogP contribution in [0, 0.1) is 6.92 Å². The number of imidazole rings is 1. The fourth-order valence-corrected chi connectivity index (χ4v) is 0.988. The van der Waals surface area contributed by atoms with Gasteiger partial charge in [-0.2, -0.15) is 0 Å². The quantitative estimate of drug-likeness (QED) is 0.595. The molecule has 4 nitrogen and oxygen atoms in total. The highest BCUT2D eigenvalue weighted by molar-refractivity contribution is 5.42. The largest absolute Gasteiger partial charge is 0.383 e. The van der Waals surface area contributed by atoms with Crippen LogP contribution in [0.1, 0.15) is 5.56 Å². The summed E-state index contributed by atoms with van der Waals surface area (Å²) in [5.74, 6) is 1.27. The number of aromatic nitrogens is 3. The van der Waals surface area contributed by atoms with Crippen molar-refractivity contribution in [3.05, 3.63) is 24.2 Å². The van der Waals surface area contributed by atoms with Gasteiger partial charge in [0.05, 0.1) is 6.20 Å². The fourth-order valence-electron chi connectivity index (χ4n) is 0.988. The minimum absolute atomic E-state index is 0.621. The number of nitrogens with two attached hydrogens (primary N) is 1. The van der Waals surface area contributed by atoms with Crippen molar-refractivity contribution in [2.75, 3.05) is 5.73 Å². The monoisotopic (exact) mass is 148 g/mol. The molecule has 2 N–H and O–H groups in total. The SMILES string of the molecule is Cc1cnc2ncc(N)n2c1. The van der Waals surface area contributed by atoms with Crippen LogP contribution in [0.4, 0.5) is 5.82 Å². The molecule has 0 fully saturated rings. The van der Waals surface area contributed by atoms with Gasteiger partial charge in [0.1, 0.15) is 5.82 Å². The second kappa shape index (κ2) is 1.95. The third-order valence-corrected chi connectivity index (χ3v) is 1.52. The molecule has 0 aliphatic heterocycles. The predicted octanol–water partition coefficient (Wildman–Crippen LogP) is 0.620. The number of hydrogen-bond acceptors (Lipinski definition) is 3. The van der Waals surface area contributed by atoms with Crippen LogP contribution in [-0.2, 0) is 0 Å². The van der Waals surface area contributed by atoms with Gasteiger partial charge < -0.3 is 5.73 Å². The highest BCUT2D eigenvalue weighted by Gasteiger charge is 1.98. The van der Waals surface area contributed by atoms with Gasteiger partial charge in [-0.3, -0.25) is 4.40 Å². The molecule has 0 atom stereocenters. The molecule has 0 spiro atoms. The molecule has 0 aromatic carbocycles. The van der Waals surface area contributed by atoms with E-state index in [1.165, 1.54) is 0 Å². The smallest absolute Gasteiger partial charge is 0.235 e. The topological polar surface area (TPSA) is 56.2 Å². The molecule has 0 aliphatic carbocycles. The van der Waals surface area contributed by atoms with Crippen LogP contribution in [0.15, 0.2) is 18.6 Å². The highest BCUT2D eigenvalue weighted by Crippen LogP contribution is 2.05. The van der Waals surface area contributed by atoms with Crippen LogP contribution in [0.2, 0.25) is 0 Å². The second-order valence-corrected chi connectivity index (χ2v) is 2.48. The van der Waals surface area contributed by atoms with Crippen molar-refractivity contribution in [2.45, 2.75) is 6.92 Å². The zero-order valence-electron chi connectivity index (χ0n) is 6.15. The van der Waals surface area contributed by atoms with E-state index in [0.29, 0.717) is 11.6 Å². The molecule has 2 heterocycles. The summed E-state index contributed by atoms with van der Waals surface area (Å²) in [6.07, 6.45) is 5.27. The third-order valence-electron chi connectivity index (χ3n) is 1.52. The number of nitrogen functional groups attached to an aromatic ring is 1. The molecule has 4 heteroatoms. The van der Waals surface area contributed by atoms with Gasteiger partial charge in [-0.05, 0) is 12.5 Å². The molecular formula is C7H8N4. The summed E-state index contributed by atoms with van der Waals surface area (Å²) in [5.41, 5.74) is 6.68. The predicted molar refractivity (Wildman–Crippen MR) is 42.1 cm³/mol. The van der Waals surface area contributed by atoms with Crippen LogP contribution in [0.5, 0.6) is 0 Å². The molecular weight excluding hydrogens is 140 g/mol. The Hall–Kier alpha value is -1.58. The number of nitrogens with zero attached hydrogens (tertiary/aromatic N) is 3. The van der Waals surface area contributed by atoms with Crippen molar-refractivity contribution in [3.8, 4) is 0 Å². The van der Waals surface area contributed by atoms with Gasteiger partial charge in [0.25, 0.3) is 0 Å². The molecule has 0 saturated carbocycles. The van der Waals surface area contributed by atoms with Crippen LogP contribution >= 0.6 is 0 Å². The van der Waals surface area contributed by atoms with Gasteiger partial charge in [-0.15, -0.1) is 0 Å². The molecule has 11 heavy (non-hydrogen) atoms. The maximum atomic E-state index is 5.61. The molecule has 0 radical (unpaired) electrons. The maximum Gasteiger partial charge on any atom is 0.235 e. The minimum atomic E-state index is 0.621. The lowest BCUT2D eigenvalue weighted by molar-refractivity contribution is 1.09. The molecule has 2 rings (SSSR count). The summed E-state index contributed by atoms with van der Waals surface area (Å²) in [7, 11) is 0. The average Bonchev–Trinajstić information content (AvgIpc) is 2.33.